The Bertz CT molecular complexity index is 437. The third kappa shape index (κ3) is 2.46. The molecular formula is C12H16N2OS2. The van der Waals surface area contributed by atoms with Gasteiger partial charge in [-0.2, -0.15) is 12.6 Å². The number of rotatable bonds is 3. The first-order chi connectivity index (χ1) is 8.17. The molecule has 1 aromatic rings. The molecule has 3 nitrogen and oxygen atoms in total. The van der Waals surface area contributed by atoms with E-state index in [0.717, 1.165) is 17.0 Å². The van der Waals surface area contributed by atoms with Gasteiger partial charge in [0.05, 0.1) is 16.8 Å². The summed E-state index contributed by atoms with van der Waals surface area (Å²) in [7, 11) is 0. The highest BCUT2D eigenvalue weighted by Gasteiger charge is 2.29. The molecule has 2 N–H and O–H groups in total. The lowest BCUT2D eigenvalue weighted by Crippen LogP contribution is -2.39. The van der Waals surface area contributed by atoms with Crippen LogP contribution in [-0.2, 0) is 11.2 Å². The first-order valence-corrected chi connectivity index (χ1v) is 7.10. The van der Waals surface area contributed by atoms with E-state index in [1.54, 1.807) is 16.7 Å². The van der Waals surface area contributed by atoms with Gasteiger partial charge in [0.15, 0.2) is 0 Å². The van der Waals surface area contributed by atoms with Crippen LogP contribution in [0.5, 0.6) is 0 Å². The zero-order valence-electron chi connectivity index (χ0n) is 9.72. The lowest BCUT2D eigenvalue weighted by atomic mass is 10.1. The van der Waals surface area contributed by atoms with Crippen LogP contribution in [0.1, 0.15) is 12.5 Å². The minimum absolute atomic E-state index is 0.0324. The van der Waals surface area contributed by atoms with Crippen LogP contribution in [0.4, 0.5) is 5.69 Å². The topological polar surface area (TPSA) is 46.3 Å². The van der Waals surface area contributed by atoms with Crippen LogP contribution in [0.15, 0.2) is 23.1 Å². The first kappa shape index (κ1) is 12.8. The average Bonchev–Trinajstić information content (AvgIpc) is 2.32. The highest BCUT2D eigenvalue weighted by molar-refractivity contribution is 8.01. The Morgan fingerprint density at radius 3 is 2.94 bits per heavy atom. The van der Waals surface area contributed by atoms with Gasteiger partial charge in [-0.25, -0.2) is 0 Å². The lowest BCUT2D eigenvalue weighted by molar-refractivity contribution is -0.117. The number of nitrogens with two attached hydrogens (primary N) is 1. The van der Waals surface area contributed by atoms with Crippen molar-refractivity contribution in [3.8, 4) is 0 Å². The van der Waals surface area contributed by atoms with Gasteiger partial charge in [-0.15, -0.1) is 11.8 Å². The molecule has 1 amide bonds. The number of hydrogen-bond acceptors (Lipinski definition) is 4. The summed E-state index contributed by atoms with van der Waals surface area (Å²) in [5, 5.41) is -0.0324. The summed E-state index contributed by atoms with van der Waals surface area (Å²) in [6.45, 7) is 2.55. The molecule has 1 aliphatic rings. The summed E-state index contributed by atoms with van der Waals surface area (Å²) in [6.07, 6.45) is 0.835. The van der Waals surface area contributed by atoms with E-state index in [4.69, 9.17) is 5.73 Å². The van der Waals surface area contributed by atoms with Crippen molar-refractivity contribution in [1.82, 2.24) is 0 Å². The molecule has 5 heteroatoms. The Morgan fingerprint density at radius 2 is 2.29 bits per heavy atom. The standard InChI is InChI=1S/C12H16N2OS2/c1-8-12(15)14(7-16)10-6-9(4-5-13)2-3-11(10)17-8/h2-3,6,8,16H,4-5,7,13H2,1H3. The third-order valence-electron chi connectivity index (χ3n) is 2.81. The van der Waals surface area contributed by atoms with Crippen LogP contribution >= 0.6 is 24.4 Å². The second-order valence-corrected chi connectivity index (χ2v) is 5.67. The first-order valence-electron chi connectivity index (χ1n) is 5.59. The average molecular weight is 268 g/mol. The summed E-state index contributed by atoms with van der Waals surface area (Å²) in [4.78, 5) is 14.9. The molecule has 1 aliphatic heterocycles. The summed E-state index contributed by atoms with van der Waals surface area (Å²) in [5.74, 6) is 0.547. The maximum absolute atomic E-state index is 12.0. The smallest absolute Gasteiger partial charge is 0.240 e. The van der Waals surface area contributed by atoms with Gasteiger partial charge in [-0.05, 0) is 37.6 Å². The van der Waals surface area contributed by atoms with Gasteiger partial charge < -0.3 is 10.6 Å². The van der Waals surface area contributed by atoms with E-state index in [9.17, 15) is 4.79 Å². The molecule has 1 heterocycles. The van der Waals surface area contributed by atoms with Gasteiger partial charge in [0.2, 0.25) is 5.91 Å². The van der Waals surface area contributed by atoms with Crippen LogP contribution < -0.4 is 10.6 Å². The van der Waals surface area contributed by atoms with Crippen molar-refractivity contribution in [3.63, 3.8) is 0 Å². The summed E-state index contributed by atoms with van der Waals surface area (Å²) < 4.78 is 0. The van der Waals surface area contributed by atoms with E-state index in [0.29, 0.717) is 12.4 Å². The largest absolute Gasteiger partial charge is 0.330 e. The maximum Gasteiger partial charge on any atom is 0.240 e. The second kappa shape index (κ2) is 5.33. The molecule has 1 atom stereocenters. The number of amides is 1. The fourth-order valence-corrected chi connectivity index (χ4v) is 3.26. The number of carbonyl (C=O) groups is 1. The van der Waals surface area contributed by atoms with Crippen molar-refractivity contribution in [2.45, 2.75) is 23.5 Å². The van der Waals surface area contributed by atoms with E-state index >= 15 is 0 Å². The van der Waals surface area contributed by atoms with E-state index < -0.39 is 0 Å². The van der Waals surface area contributed by atoms with Crippen molar-refractivity contribution in [3.05, 3.63) is 23.8 Å². The van der Waals surface area contributed by atoms with Crippen molar-refractivity contribution in [2.24, 2.45) is 5.73 Å². The molecule has 0 spiro atoms. The molecule has 0 bridgehead atoms. The number of anilines is 1. The van der Waals surface area contributed by atoms with Gasteiger partial charge in [0, 0.05) is 4.90 Å². The molecule has 1 aromatic carbocycles. The van der Waals surface area contributed by atoms with Gasteiger partial charge in [-0.1, -0.05) is 6.07 Å². The predicted octanol–water partition coefficient (Wildman–Crippen LogP) is 1.90. The third-order valence-corrected chi connectivity index (χ3v) is 4.24. The van der Waals surface area contributed by atoms with Crippen LogP contribution in [0, 0.1) is 0 Å². The van der Waals surface area contributed by atoms with Crippen molar-refractivity contribution >= 4 is 36.0 Å². The number of nitrogens with zero attached hydrogens (tertiary/aromatic N) is 1. The normalized spacial score (nSPS) is 19.4. The van der Waals surface area contributed by atoms with Gasteiger partial charge >= 0.3 is 0 Å². The quantitative estimate of drug-likeness (QED) is 0.823. The molecular weight excluding hydrogens is 252 g/mol. The van der Waals surface area contributed by atoms with E-state index in [-0.39, 0.29) is 11.2 Å². The summed E-state index contributed by atoms with van der Waals surface area (Å²) in [6, 6.07) is 6.21. The number of benzene rings is 1. The summed E-state index contributed by atoms with van der Waals surface area (Å²) >= 11 is 5.86. The number of hydrogen-bond donors (Lipinski definition) is 2. The zero-order valence-corrected chi connectivity index (χ0v) is 11.4. The van der Waals surface area contributed by atoms with Crippen LogP contribution in [0.25, 0.3) is 0 Å². The number of thiol groups is 1. The molecule has 0 radical (unpaired) electrons. The van der Waals surface area contributed by atoms with E-state index in [1.807, 2.05) is 6.92 Å². The lowest BCUT2D eigenvalue weighted by Gasteiger charge is -2.31. The van der Waals surface area contributed by atoms with Gasteiger partial charge in [0.25, 0.3) is 0 Å². The summed E-state index contributed by atoms with van der Waals surface area (Å²) in [5.41, 5.74) is 7.69. The number of thioether (sulfide) groups is 1. The Hall–Kier alpha value is -0.650. The van der Waals surface area contributed by atoms with Crippen LogP contribution in [0.2, 0.25) is 0 Å². The maximum atomic E-state index is 12.0. The van der Waals surface area contributed by atoms with Gasteiger partial charge in [0.1, 0.15) is 0 Å². The number of carbonyl (C=O) groups excluding carboxylic acids is 1. The monoisotopic (exact) mass is 268 g/mol. The molecule has 0 aromatic heterocycles. The second-order valence-electron chi connectivity index (χ2n) is 4.01. The van der Waals surface area contributed by atoms with Crippen molar-refractivity contribution in [1.29, 1.82) is 0 Å². The molecule has 0 saturated carbocycles. The number of fused-ring (bicyclic) bond motifs is 1. The van der Waals surface area contributed by atoms with Crippen molar-refractivity contribution in [2.75, 3.05) is 17.3 Å². The highest BCUT2D eigenvalue weighted by Crippen LogP contribution is 2.39. The fraction of sp³-hybridized carbons (Fsp3) is 0.417. The fourth-order valence-electron chi connectivity index (χ4n) is 1.92. The van der Waals surface area contributed by atoms with Crippen LogP contribution in [-0.4, -0.2) is 23.6 Å². The van der Waals surface area contributed by atoms with Gasteiger partial charge in [-0.3, -0.25) is 4.79 Å². The molecule has 0 saturated heterocycles. The molecule has 0 aliphatic carbocycles. The SMILES string of the molecule is CC1Sc2ccc(CCN)cc2N(CS)C1=O. The Balaban J connectivity index is 2.41. The Kier molecular flexibility index (Phi) is 4.01. The Morgan fingerprint density at radius 1 is 1.53 bits per heavy atom. The predicted molar refractivity (Wildman–Crippen MR) is 75.9 cm³/mol. The van der Waals surface area contributed by atoms with Crippen molar-refractivity contribution < 1.29 is 4.79 Å². The van der Waals surface area contributed by atoms with Crippen LogP contribution in [0.3, 0.4) is 0 Å². The minimum atomic E-state index is -0.0324. The van der Waals surface area contributed by atoms with E-state index in [2.05, 4.69) is 30.8 Å². The Labute approximate surface area is 111 Å². The highest BCUT2D eigenvalue weighted by atomic mass is 32.2. The minimum Gasteiger partial charge on any atom is -0.330 e. The zero-order chi connectivity index (χ0) is 12.4. The molecule has 2 rings (SSSR count). The molecule has 92 valence electrons. The molecule has 0 fully saturated rings. The molecule has 1 unspecified atom stereocenters. The molecule has 17 heavy (non-hydrogen) atoms. The van der Waals surface area contributed by atoms with E-state index in [1.165, 1.54) is 5.56 Å².